The van der Waals surface area contributed by atoms with Crippen LogP contribution in [0.15, 0.2) is 72.8 Å². The third-order valence-electron chi connectivity index (χ3n) is 8.01. The van der Waals surface area contributed by atoms with Crippen molar-refractivity contribution in [2.45, 2.75) is 57.2 Å². The number of nitrogens with zero attached hydrogens (tertiary/aromatic N) is 2. The van der Waals surface area contributed by atoms with E-state index in [1.807, 2.05) is 0 Å². The van der Waals surface area contributed by atoms with Crippen molar-refractivity contribution >= 4 is 5.69 Å². The first kappa shape index (κ1) is 22.5. The van der Waals surface area contributed by atoms with Crippen LogP contribution in [-0.2, 0) is 19.4 Å². The molecule has 0 saturated carbocycles. The summed E-state index contributed by atoms with van der Waals surface area (Å²) in [4.78, 5) is 5.39. The Labute approximate surface area is 209 Å². The molecule has 2 heterocycles. The van der Waals surface area contributed by atoms with Crippen LogP contribution in [0.2, 0.25) is 0 Å². The first-order chi connectivity index (χ1) is 17.3. The summed E-state index contributed by atoms with van der Waals surface area (Å²) < 4.78 is 11.8. The van der Waals surface area contributed by atoms with E-state index < -0.39 is 0 Å². The van der Waals surface area contributed by atoms with Crippen molar-refractivity contribution in [1.29, 1.82) is 0 Å². The second-order valence-electron chi connectivity index (χ2n) is 10.2. The lowest BCUT2D eigenvalue weighted by atomic mass is 9.97. The second-order valence-corrected chi connectivity index (χ2v) is 10.2. The average molecular weight is 469 g/mol. The summed E-state index contributed by atoms with van der Waals surface area (Å²) in [5.41, 5.74) is 5.69. The van der Waals surface area contributed by atoms with Gasteiger partial charge in [-0.15, -0.1) is 0 Å². The minimum Gasteiger partial charge on any atom is -0.486 e. The second kappa shape index (κ2) is 10.3. The van der Waals surface area contributed by atoms with E-state index in [-0.39, 0.29) is 0 Å². The molecule has 182 valence electrons. The van der Waals surface area contributed by atoms with Crippen molar-refractivity contribution in [3.8, 4) is 11.5 Å². The Bertz CT molecular complexity index is 1110. The van der Waals surface area contributed by atoms with Gasteiger partial charge in [0.15, 0.2) is 11.5 Å². The van der Waals surface area contributed by atoms with Crippen LogP contribution in [0.4, 0.5) is 5.69 Å². The van der Waals surface area contributed by atoms with E-state index in [0.717, 1.165) is 37.4 Å². The average Bonchev–Trinajstić information content (AvgIpc) is 3.34. The predicted octanol–water partition coefficient (Wildman–Crippen LogP) is 5.88. The van der Waals surface area contributed by atoms with Gasteiger partial charge in [0.2, 0.25) is 0 Å². The monoisotopic (exact) mass is 468 g/mol. The number of hydrogen-bond donors (Lipinski definition) is 0. The lowest BCUT2D eigenvalue weighted by Gasteiger charge is -2.39. The molecule has 3 aromatic rings. The molecule has 1 saturated heterocycles. The molecule has 0 aromatic heterocycles. The molecule has 0 spiro atoms. The summed E-state index contributed by atoms with van der Waals surface area (Å²) in [6.07, 6.45) is 7.37. The Hall–Kier alpha value is -2.98. The maximum Gasteiger partial charge on any atom is 0.163 e. The van der Waals surface area contributed by atoms with Gasteiger partial charge in [-0.05, 0) is 67.5 Å². The van der Waals surface area contributed by atoms with Crippen LogP contribution in [0.3, 0.4) is 0 Å². The molecule has 2 aliphatic heterocycles. The number of ether oxygens (including phenoxy) is 2. The Balaban J connectivity index is 1.22. The van der Waals surface area contributed by atoms with Crippen LogP contribution < -0.4 is 14.4 Å². The normalized spacial score (nSPS) is 19.9. The molecular weight excluding hydrogens is 432 g/mol. The first-order valence-corrected chi connectivity index (χ1v) is 13.3. The van der Waals surface area contributed by atoms with Crippen LogP contribution in [-0.4, -0.2) is 43.3 Å². The lowest BCUT2D eigenvalue weighted by molar-refractivity contribution is 0.133. The molecular formula is C31H36N2O2. The number of rotatable bonds is 7. The van der Waals surface area contributed by atoms with E-state index in [2.05, 4.69) is 82.6 Å². The zero-order valence-electron chi connectivity index (χ0n) is 20.6. The molecule has 0 bridgehead atoms. The zero-order valence-corrected chi connectivity index (χ0v) is 20.6. The van der Waals surface area contributed by atoms with Crippen LogP contribution in [0.25, 0.3) is 0 Å². The molecule has 3 aliphatic rings. The maximum atomic E-state index is 5.96. The maximum absolute atomic E-state index is 5.96. The van der Waals surface area contributed by atoms with E-state index in [1.54, 1.807) is 0 Å². The van der Waals surface area contributed by atoms with Crippen molar-refractivity contribution < 1.29 is 9.47 Å². The Morgan fingerprint density at radius 3 is 2.34 bits per heavy atom. The van der Waals surface area contributed by atoms with Crippen molar-refractivity contribution in [3.05, 3.63) is 89.5 Å². The number of likely N-dealkylation sites (tertiary alicyclic amines) is 1. The quantitative estimate of drug-likeness (QED) is 0.433. The minimum atomic E-state index is 0.487. The molecule has 35 heavy (non-hydrogen) atoms. The molecule has 6 rings (SSSR count). The van der Waals surface area contributed by atoms with E-state index in [1.165, 1.54) is 54.6 Å². The topological polar surface area (TPSA) is 24.9 Å². The van der Waals surface area contributed by atoms with Gasteiger partial charge >= 0.3 is 0 Å². The summed E-state index contributed by atoms with van der Waals surface area (Å²) in [5, 5.41) is 0. The number of fused-ring (bicyclic) bond motifs is 2. The molecule has 1 aliphatic carbocycles. The molecule has 4 nitrogen and oxygen atoms in total. The van der Waals surface area contributed by atoms with Gasteiger partial charge in [-0.1, -0.05) is 61.0 Å². The number of anilines is 1. The first-order valence-electron chi connectivity index (χ1n) is 13.3. The summed E-state index contributed by atoms with van der Waals surface area (Å²) in [5.74, 6) is 1.76. The molecule has 0 radical (unpaired) electrons. The van der Waals surface area contributed by atoms with Crippen molar-refractivity contribution in [1.82, 2.24) is 4.90 Å². The summed E-state index contributed by atoms with van der Waals surface area (Å²) in [6.45, 7) is 4.59. The standard InChI is InChI=1S/C31H36N2O2/c1-2-8-24(9-3-1)23-32-16-7-6-12-27(32)15-17-33(29-20-25-10-4-5-11-26(25)21-29)28-13-14-30-31(22-28)35-19-18-34-30/h1-5,8-11,13-14,22,27,29H,6-7,12,15-21,23H2. The molecule has 1 fully saturated rings. The molecule has 0 N–H and O–H groups in total. The molecule has 1 atom stereocenters. The predicted molar refractivity (Wildman–Crippen MR) is 142 cm³/mol. The number of hydrogen-bond acceptors (Lipinski definition) is 4. The largest absolute Gasteiger partial charge is 0.486 e. The zero-order chi connectivity index (χ0) is 23.5. The van der Waals surface area contributed by atoms with Crippen molar-refractivity contribution in [3.63, 3.8) is 0 Å². The van der Waals surface area contributed by atoms with Crippen LogP contribution in [0.1, 0.15) is 42.4 Å². The highest BCUT2D eigenvalue weighted by Crippen LogP contribution is 2.37. The van der Waals surface area contributed by atoms with Crippen LogP contribution in [0.5, 0.6) is 11.5 Å². The fraction of sp³-hybridized carbons (Fsp3) is 0.419. The Kier molecular flexibility index (Phi) is 6.64. The van der Waals surface area contributed by atoms with Gasteiger partial charge in [0.05, 0.1) is 0 Å². The molecule has 4 heteroatoms. The van der Waals surface area contributed by atoms with Crippen LogP contribution >= 0.6 is 0 Å². The van der Waals surface area contributed by atoms with Gasteiger partial charge in [-0.25, -0.2) is 0 Å². The minimum absolute atomic E-state index is 0.487. The van der Waals surface area contributed by atoms with E-state index in [4.69, 9.17) is 9.47 Å². The highest BCUT2D eigenvalue weighted by atomic mass is 16.6. The Morgan fingerprint density at radius 2 is 1.54 bits per heavy atom. The van der Waals surface area contributed by atoms with E-state index >= 15 is 0 Å². The van der Waals surface area contributed by atoms with E-state index in [0.29, 0.717) is 25.3 Å². The number of piperidine rings is 1. The SMILES string of the molecule is c1ccc(CN2CCCCC2CCN(c2ccc3c(c2)OCCO3)C2Cc3ccccc3C2)cc1. The molecule has 1 unspecified atom stereocenters. The Morgan fingerprint density at radius 1 is 0.800 bits per heavy atom. The molecule has 3 aromatic carbocycles. The third kappa shape index (κ3) is 5.04. The highest BCUT2D eigenvalue weighted by molar-refractivity contribution is 5.58. The lowest BCUT2D eigenvalue weighted by Crippen LogP contribution is -2.43. The number of benzene rings is 3. The summed E-state index contributed by atoms with van der Waals surface area (Å²) >= 11 is 0. The van der Waals surface area contributed by atoms with Gasteiger partial charge < -0.3 is 14.4 Å². The van der Waals surface area contributed by atoms with Gasteiger partial charge in [0.25, 0.3) is 0 Å². The molecule has 0 amide bonds. The van der Waals surface area contributed by atoms with Crippen molar-refractivity contribution in [2.75, 3.05) is 31.2 Å². The van der Waals surface area contributed by atoms with Gasteiger partial charge in [0.1, 0.15) is 13.2 Å². The fourth-order valence-electron chi connectivity index (χ4n) is 6.19. The highest BCUT2D eigenvalue weighted by Gasteiger charge is 2.30. The van der Waals surface area contributed by atoms with E-state index in [9.17, 15) is 0 Å². The summed E-state index contributed by atoms with van der Waals surface area (Å²) in [6, 6.07) is 27.6. The third-order valence-corrected chi connectivity index (χ3v) is 8.01. The smallest absolute Gasteiger partial charge is 0.163 e. The summed E-state index contributed by atoms with van der Waals surface area (Å²) in [7, 11) is 0. The van der Waals surface area contributed by atoms with Gasteiger partial charge in [0, 0.05) is 36.9 Å². The van der Waals surface area contributed by atoms with Gasteiger partial charge in [-0.3, -0.25) is 4.90 Å². The van der Waals surface area contributed by atoms with Crippen molar-refractivity contribution in [2.24, 2.45) is 0 Å². The fourth-order valence-corrected chi connectivity index (χ4v) is 6.19. The van der Waals surface area contributed by atoms with Gasteiger partial charge in [-0.2, -0.15) is 0 Å². The van der Waals surface area contributed by atoms with Crippen LogP contribution in [0, 0.1) is 0 Å².